The molecule has 0 aromatic heterocycles. The van der Waals surface area contributed by atoms with Gasteiger partial charge in [-0.2, -0.15) is 0 Å². The predicted octanol–water partition coefficient (Wildman–Crippen LogP) is 2.33. The zero-order valence-electron chi connectivity index (χ0n) is 11.3. The highest BCUT2D eigenvalue weighted by Crippen LogP contribution is 2.35. The van der Waals surface area contributed by atoms with E-state index >= 15 is 0 Å². The lowest BCUT2D eigenvalue weighted by Crippen LogP contribution is -2.41. The molecule has 1 heterocycles. The molecule has 1 aliphatic heterocycles. The number of hydrogen-bond acceptors (Lipinski definition) is 4. The summed E-state index contributed by atoms with van der Waals surface area (Å²) in [5, 5.41) is 10.7. The van der Waals surface area contributed by atoms with Gasteiger partial charge in [0.2, 0.25) is 0 Å². The molecule has 2 N–H and O–H groups in total. The van der Waals surface area contributed by atoms with Crippen molar-refractivity contribution in [3.05, 3.63) is 39.9 Å². The Labute approximate surface area is 113 Å². The standard InChI is InChI=1S/C14H21N3O2/c1-2-16-9-3-4-12(10-15)14(16)11-5-7-13(8-6-11)17(18)19/h5-8,12,14H,2-4,9-10,15H2,1H3. The molecule has 1 fully saturated rings. The predicted molar refractivity (Wildman–Crippen MR) is 74.9 cm³/mol. The summed E-state index contributed by atoms with van der Waals surface area (Å²) in [4.78, 5) is 12.8. The van der Waals surface area contributed by atoms with Gasteiger partial charge in [-0.05, 0) is 44.0 Å². The first kappa shape index (κ1) is 14.0. The number of likely N-dealkylation sites (tertiary alicyclic amines) is 1. The van der Waals surface area contributed by atoms with Crippen LogP contribution in [0.2, 0.25) is 0 Å². The maximum Gasteiger partial charge on any atom is 0.269 e. The van der Waals surface area contributed by atoms with Gasteiger partial charge in [0.15, 0.2) is 0 Å². The maximum absolute atomic E-state index is 10.7. The first-order valence-corrected chi connectivity index (χ1v) is 6.85. The Kier molecular flexibility index (Phi) is 4.50. The molecule has 2 atom stereocenters. The van der Waals surface area contributed by atoms with E-state index in [4.69, 9.17) is 5.73 Å². The fourth-order valence-electron chi connectivity index (χ4n) is 3.03. The van der Waals surface area contributed by atoms with E-state index in [9.17, 15) is 10.1 Å². The zero-order valence-corrected chi connectivity index (χ0v) is 11.3. The Morgan fingerprint density at radius 2 is 2.11 bits per heavy atom. The number of piperidine rings is 1. The van der Waals surface area contributed by atoms with Crippen molar-refractivity contribution in [1.82, 2.24) is 4.90 Å². The van der Waals surface area contributed by atoms with E-state index in [0.717, 1.165) is 25.1 Å². The highest BCUT2D eigenvalue weighted by atomic mass is 16.6. The third-order valence-electron chi connectivity index (χ3n) is 4.01. The molecule has 0 aliphatic carbocycles. The summed E-state index contributed by atoms with van der Waals surface area (Å²) in [6.07, 6.45) is 2.31. The third-order valence-corrected chi connectivity index (χ3v) is 4.01. The van der Waals surface area contributed by atoms with Crippen LogP contribution in [0.1, 0.15) is 31.4 Å². The van der Waals surface area contributed by atoms with Gasteiger partial charge < -0.3 is 5.73 Å². The molecule has 5 heteroatoms. The minimum absolute atomic E-state index is 0.145. The fraction of sp³-hybridized carbons (Fsp3) is 0.571. The fourth-order valence-corrected chi connectivity index (χ4v) is 3.03. The monoisotopic (exact) mass is 263 g/mol. The largest absolute Gasteiger partial charge is 0.330 e. The lowest BCUT2D eigenvalue weighted by molar-refractivity contribution is -0.384. The molecule has 1 aromatic carbocycles. The van der Waals surface area contributed by atoms with Crippen molar-refractivity contribution in [2.75, 3.05) is 19.6 Å². The van der Waals surface area contributed by atoms with Crippen LogP contribution in [0.3, 0.4) is 0 Å². The van der Waals surface area contributed by atoms with Gasteiger partial charge in [-0.25, -0.2) is 0 Å². The quantitative estimate of drug-likeness (QED) is 0.668. The van der Waals surface area contributed by atoms with E-state index in [0.29, 0.717) is 18.5 Å². The summed E-state index contributed by atoms with van der Waals surface area (Å²) in [7, 11) is 0. The SMILES string of the molecule is CCN1CCCC(CN)C1c1ccc([N+](=O)[O-])cc1. The van der Waals surface area contributed by atoms with E-state index < -0.39 is 0 Å². The number of hydrogen-bond donors (Lipinski definition) is 1. The molecule has 1 aliphatic rings. The first-order chi connectivity index (χ1) is 9.17. The van der Waals surface area contributed by atoms with E-state index in [2.05, 4.69) is 11.8 Å². The molecule has 1 aromatic rings. The number of non-ortho nitro benzene ring substituents is 1. The van der Waals surface area contributed by atoms with Crippen LogP contribution in [0.4, 0.5) is 5.69 Å². The second-order valence-electron chi connectivity index (χ2n) is 5.06. The maximum atomic E-state index is 10.7. The molecule has 0 saturated carbocycles. The van der Waals surface area contributed by atoms with E-state index in [1.54, 1.807) is 12.1 Å². The minimum atomic E-state index is -0.358. The molecule has 104 valence electrons. The van der Waals surface area contributed by atoms with Crippen molar-refractivity contribution in [3.8, 4) is 0 Å². The molecular weight excluding hydrogens is 242 g/mol. The molecule has 0 radical (unpaired) electrons. The number of nitro benzene ring substituents is 1. The van der Waals surface area contributed by atoms with Crippen molar-refractivity contribution >= 4 is 5.69 Å². The van der Waals surface area contributed by atoms with Crippen LogP contribution in [-0.2, 0) is 0 Å². The van der Waals surface area contributed by atoms with Crippen molar-refractivity contribution in [2.24, 2.45) is 11.7 Å². The lowest BCUT2D eigenvalue weighted by atomic mass is 9.84. The Morgan fingerprint density at radius 3 is 2.63 bits per heavy atom. The molecular formula is C14H21N3O2. The highest BCUT2D eigenvalue weighted by molar-refractivity contribution is 5.34. The summed E-state index contributed by atoms with van der Waals surface area (Å²) >= 11 is 0. The molecule has 0 spiro atoms. The average molecular weight is 263 g/mol. The van der Waals surface area contributed by atoms with Gasteiger partial charge >= 0.3 is 0 Å². The van der Waals surface area contributed by atoms with E-state index in [1.165, 1.54) is 6.42 Å². The van der Waals surface area contributed by atoms with E-state index in [1.807, 2.05) is 12.1 Å². The first-order valence-electron chi connectivity index (χ1n) is 6.85. The molecule has 2 unspecified atom stereocenters. The molecule has 1 saturated heterocycles. The normalized spacial score (nSPS) is 24.3. The van der Waals surface area contributed by atoms with Crippen LogP contribution in [0.15, 0.2) is 24.3 Å². The van der Waals surface area contributed by atoms with Crippen LogP contribution in [0, 0.1) is 16.0 Å². The number of benzene rings is 1. The summed E-state index contributed by atoms with van der Waals surface area (Å²) in [6.45, 7) is 4.88. The third kappa shape index (κ3) is 2.93. The van der Waals surface area contributed by atoms with Gasteiger partial charge in [0, 0.05) is 18.2 Å². The van der Waals surface area contributed by atoms with Crippen molar-refractivity contribution in [2.45, 2.75) is 25.8 Å². The van der Waals surface area contributed by atoms with Crippen LogP contribution in [0.25, 0.3) is 0 Å². The van der Waals surface area contributed by atoms with Gasteiger partial charge in [-0.3, -0.25) is 15.0 Å². The van der Waals surface area contributed by atoms with E-state index in [-0.39, 0.29) is 10.6 Å². The smallest absolute Gasteiger partial charge is 0.269 e. The van der Waals surface area contributed by atoms with Gasteiger partial charge in [0.05, 0.1) is 4.92 Å². The molecule has 0 amide bonds. The van der Waals surface area contributed by atoms with Gasteiger partial charge in [0.1, 0.15) is 0 Å². The van der Waals surface area contributed by atoms with Crippen LogP contribution < -0.4 is 5.73 Å². The summed E-state index contributed by atoms with van der Waals surface area (Å²) in [5.41, 5.74) is 7.18. The number of nitrogens with zero attached hydrogens (tertiary/aromatic N) is 2. The summed E-state index contributed by atoms with van der Waals surface area (Å²) in [5.74, 6) is 0.440. The Hall–Kier alpha value is -1.46. The Morgan fingerprint density at radius 1 is 1.42 bits per heavy atom. The van der Waals surface area contributed by atoms with Crippen molar-refractivity contribution in [1.29, 1.82) is 0 Å². The average Bonchev–Trinajstić information content (AvgIpc) is 2.46. The van der Waals surface area contributed by atoms with Crippen LogP contribution >= 0.6 is 0 Å². The van der Waals surface area contributed by atoms with Crippen molar-refractivity contribution < 1.29 is 4.92 Å². The lowest BCUT2D eigenvalue weighted by Gasteiger charge is -2.40. The molecule has 2 rings (SSSR count). The highest BCUT2D eigenvalue weighted by Gasteiger charge is 2.30. The van der Waals surface area contributed by atoms with Crippen molar-refractivity contribution in [3.63, 3.8) is 0 Å². The number of rotatable bonds is 4. The molecule has 19 heavy (non-hydrogen) atoms. The summed E-state index contributed by atoms with van der Waals surface area (Å²) < 4.78 is 0. The molecule has 5 nitrogen and oxygen atoms in total. The topological polar surface area (TPSA) is 72.4 Å². The minimum Gasteiger partial charge on any atom is -0.330 e. The zero-order chi connectivity index (χ0) is 13.8. The summed E-state index contributed by atoms with van der Waals surface area (Å²) in [6, 6.07) is 7.22. The Bertz CT molecular complexity index is 421. The second kappa shape index (κ2) is 6.12. The van der Waals surface area contributed by atoms with Gasteiger partial charge in [-0.1, -0.05) is 19.1 Å². The Balaban J connectivity index is 2.27. The van der Waals surface area contributed by atoms with Gasteiger partial charge in [0.25, 0.3) is 5.69 Å². The number of nitrogens with two attached hydrogens (primary N) is 1. The number of nitro groups is 1. The van der Waals surface area contributed by atoms with Crippen LogP contribution in [-0.4, -0.2) is 29.5 Å². The second-order valence-corrected chi connectivity index (χ2v) is 5.06. The van der Waals surface area contributed by atoms with Gasteiger partial charge in [-0.15, -0.1) is 0 Å². The molecule has 0 bridgehead atoms. The van der Waals surface area contributed by atoms with Crippen LogP contribution in [0.5, 0.6) is 0 Å².